The zero-order valence-electron chi connectivity index (χ0n) is 15.0. The van der Waals surface area contributed by atoms with Gasteiger partial charge in [-0.25, -0.2) is 0 Å². The molecule has 138 valence electrons. The first kappa shape index (κ1) is 17.3. The van der Waals surface area contributed by atoms with E-state index in [4.69, 9.17) is 0 Å². The van der Waals surface area contributed by atoms with E-state index in [1.807, 2.05) is 49.4 Å². The van der Waals surface area contributed by atoms with Crippen LogP contribution >= 0.6 is 0 Å². The van der Waals surface area contributed by atoms with Gasteiger partial charge in [0.25, 0.3) is 0 Å². The van der Waals surface area contributed by atoms with E-state index in [0.29, 0.717) is 18.5 Å². The Labute approximate surface area is 157 Å². The van der Waals surface area contributed by atoms with Crippen LogP contribution in [0.5, 0.6) is 0 Å². The molecule has 2 aromatic rings. The van der Waals surface area contributed by atoms with E-state index in [9.17, 15) is 14.4 Å². The minimum Gasteiger partial charge on any atom is -0.349 e. The highest BCUT2D eigenvalue weighted by Crippen LogP contribution is 2.33. The second-order valence-corrected chi connectivity index (χ2v) is 7.09. The Bertz CT molecular complexity index is 938. The predicted molar refractivity (Wildman–Crippen MR) is 102 cm³/mol. The second kappa shape index (κ2) is 6.87. The molecule has 0 spiro atoms. The smallest absolute Gasteiger partial charge is 0.228 e. The number of fused-ring (bicyclic) bond motifs is 2. The van der Waals surface area contributed by atoms with Crippen LogP contribution in [0.15, 0.2) is 42.5 Å². The van der Waals surface area contributed by atoms with Crippen LogP contribution < -0.4 is 16.0 Å². The molecule has 0 fully saturated rings. The Hall–Kier alpha value is -3.15. The molecule has 2 aromatic carbocycles. The zero-order valence-corrected chi connectivity index (χ0v) is 15.0. The van der Waals surface area contributed by atoms with Gasteiger partial charge in [0, 0.05) is 24.2 Å². The Morgan fingerprint density at radius 3 is 2.67 bits per heavy atom. The highest BCUT2D eigenvalue weighted by atomic mass is 16.2. The number of para-hydroxylation sites is 1. The molecule has 0 aliphatic carbocycles. The summed E-state index contributed by atoms with van der Waals surface area (Å²) in [7, 11) is 0. The summed E-state index contributed by atoms with van der Waals surface area (Å²) in [5.41, 5.74) is 4.44. The van der Waals surface area contributed by atoms with Crippen molar-refractivity contribution >= 4 is 29.1 Å². The molecule has 3 amide bonds. The number of benzene rings is 2. The quantitative estimate of drug-likeness (QED) is 0.784. The lowest BCUT2D eigenvalue weighted by atomic mass is 9.89. The molecule has 0 unspecified atom stereocenters. The van der Waals surface area contributed by atoms with E-state index in [0.717, 1.165) is 22.4 Å². The molecule has 2 aliphatic rings. The van der Waals surface area contributed by atoms with Crippen molar-refractivity contribution in [1.82, 2.24) is 5.32 Å². The van der Waals surface area contributed by atoms with Crippen LogP contribution in [0.25, 0.3) is 0 Å². The minimum atomic E-state index is -0.491. The van der Waals surface area contributed by atoms with Crippen LogP contribution in [-0.2, 0) is 20.8 Å². The van der Waals surface area contributed by atoms with Crippen molar-refractivity contribution in [3.8, 4) is 0 Å². The van der Waals surface area contributed by atoms with Crippen molar-refractivity contribution in [3.63, 3.8) is 0 Å². The molecule has 0 saturated carbocycles. The number of hydrogen-bond donors (Lipinski definition) is 3. The van der Waals surface area contributed by atoms with E-state index in [1.165, 1.54) is 0 Å². The molecule has 0 aromatic heterocycles. The van der Waals surface area contributed by atoms with E-state index < -0.39 is 5.92 Å². The number of hydrogen-bond acceptors (Lipinski definition) is 3. The minimum absolute atomic E-state index is 0.0332. The van der Waals surface area contributed by atoms with Crippen molar-refractivity contribution in [2.45, 2.75) is 38.1 Å². The predicted octanol–water partition coefficient (Wildman–Crippen LogP) is 2.87. The highest BCUT2D eigenvalue weighted by Gasteiger charge is 2.31. The summed E-state index contributed by atoms with van der Waals surface area (Å²) >= 11 is 0. The highest BCUT2D eigenvalue weighted by molar-refractivity contribution is 6.01. The number of aryl methyl sites for hydroxylation is 1. The molecule has 4 rings (SSSR count). The third kappa shape index (κ3) is 3.43. The number of carbonyl (C=O) groups is 3. The average Bonchev–Trinajstić information content (AvgIpc) is 2.66. The van der Waals surface area contributed by atoms with Crippen LogP contribution in [0.2, 0.25) is 0 Å². The summed E-state index contributed by atoms with van der Waals surface area (Å²) in [6.45, 7) is 1.93. The van der Waals surface area contributed by atoms with Gasteiger partial charge < -0.3 is 16.0 Å². The fourth-order valence-electron chi connectivity index (χ4n) is 3.72. The van der Waals surface area contributed by atoms with E-state index in [-0.39, 0.29) is 30.2 Å². The first-order chi connectivity index (χ1) is 13.0. The van der Waals surface area contributed by atoms with E-state index >= 15 is 0 Å². The molecule has 2 atom stereocenters. The second-order valence-electron chi connectivity index (χ2n) is 7.09. The molecule has 27 heavy (non-hydrogen) atoms. The van der Waals surface area contributed by atoms with Crippen molar-refractivity contribution in [2.24, 2.45) is 0 Å². The molecule has 6 heteroatoms. The normalized spacial score (nSPS) is 19.2. The van der Waals surface area contributed by atoms with Gasteiger partial charge in [-0.05, 0) is 42.2 Å². The number of anilines is 2. The number of rotatable bonds is 3. The molecule has 0 radical (unpaired) electrons. The number of nitrogens with one attached hydrogen (secondary N) is 3. The lowest BCUT2D eigenvalue weighted by molar-refractivity contribution is -0.126. The molecule has 2 heterocycles. The van der Waals surface area contributed by atoms with Gasteiger partial charge >= 0.3 is 0 Å². The molecular formula is C21H21N3O3. The van der Waals surface area contributed by atoms with Gasteiger partial charge in [-0.3, -0.25) is 14.4 Å². The summed E-state index contributed by atoms with van der Waals surface area (Å²) in [6.07, 6.45) is 1.32. The van der Waals surface area contributed by atoms with Crippen LogP contribution in [0.4, 0.5) is 11.4 Å². The molecule has 0 bridgehead atoms. The van der Waals surface area contributed by atoms with Gasteiger partial charge in [0.05, 0.1) is 12.0 Å². The van der Waals surface area contributed by atoms with Crippen LogP contribution in [-0.4, -0.2) is 17.7 Å². The Morgan fingerprint density at radius 2 is 1.81 bits per heavy atom. The fourth-order valence-corrected chi connectivity index (χ4v) is 3.72. The maximum absolute atomic E-state index is 12.9. The third-order valence-electron chi connectivity index (χ3n) is 5.20. The van der Waals surface area contributed by atoms with Crippen LogP contribution in [0, 0.1) is 0 Å². The van der Waals surface area contributed by atoms with E-state index in [2.05, 4.69) is 16.0 Å². The van der Waals surface area contributed by atoms with Crippen molar-refractivity contribution < 1.29 is 14.4 Å². The van der Waals surface area contributed by atoms with Gasteiger partial charge in [-0.15, -0.1) is 0 Å². The van der Waals surface area contributed by atoms with E-state index in [1.54, 1.807) is 0 Å². The fraction of sp³-hybridized carbons (Fsp3) is 0.286. The number of amides is 3. The molecule has 3 N–H and O–H groups in total. The SMILES string of the molecule is C[C@H](NC(=O)[C@H]1CC(=O)Nc2ccccc21)c1ccc2c(c1)CCC(=O)N2. The molecule has 6 nitrogen and oxygen atoms in total. The Morgan fingerprint density at radius 1 is 1.04 bits per heavy atom. The summed E-state index contributed by atoms with van der Waals surface area (Å²) in [6, 6.07) is 13.0. The maximum Gasteiger partial charge on any atom is 0.228 e. The number of carbonyl (C=O) groups excluding carboxylic acids is 3. The first-order valence-corrected chi connectivity index (χ1v) is 9.13. The first-order valence-electron chi connectivity index (χ1n) is 9.13. The third-order valence-corrected chi connectivity index (χ3v) is 5.20. The van der Waals surface area contributed by atoms with Crippen LogP contribution in [0.1, 0.15) is 48.4 Å². The van der Waals surface area contributed by atoms with Crippen molar-refractivity contribution in [1.29, 1.82) is 0 Å². The molecule has 2 aliphatic heterocycles. The van der Waals surface area contributed by atoms with Gasteiger partial charge in [-0.2, -0.15) is 0 Å². The molecule has 0 saturated heterocycles. The van der Waals surface area contributed by atoms with Gasteiger partial charge in [0.15, 0.2) is 0 Å². The summed E-state index contributed by atoms with van der Waals surface area (Å²) in [5.74, 6) is -0.762. The zero-order chi connectivity index (χ0) is 19.0. The summed E-state index contributed by atoms with van der Waals surface area (Å²) in [4.78, 5) is 36.3. The summed E-state index contributed by atoms with van der Waals surface area (Å²) < 4.78 is 0. The monoisotopic (exact) mass is 363 g/mol. The summed E-state index contributed by atoms with van der Waals surface area (Å²) in [5, 5.41) is 8.71. The van der Waals surface area contributed by atoms with Crippen LogP contribution in [0.3, 0.4) is 0 Å². The van der Waals surface area contributed by atoms with Gasteiger partial charge in [0.1, 0.15) is 0 Å². The van der Waals surface area contributed by atoms with Crippen molar-refractivity contribution in [2.75, 3.05) is 10.6 Å². The topological polar surface area (TPSA) is 87.3 Å². The molecular weight excluding hydrogens is 342 g/mol. The largest absolute Gasteiger partial charge is 0.349 e. The Balaban J connectivity index is 1.52. The van der Waals surface area contributed by atoms with Crippen molar-refractivity contribution in [3.05, 3.63) is 59.2 Å². The van der Waals surface area contributed by atoms with Gasteiger partial charge in [-0.1, -0.05) is 30.3 Å². The Kier molecular flexibility index (Phi) is 4.39. The standard InChI is InChI=1S/C21H21N3O3/c1-12(13-6-8-17-14(10-13)7-9-19(25)23-17)22-21(27)16-11-20(26)24-18-5-3-2-4-15(16)18/h2-6,8,10,12,16H,7,9,11H2,1H3,(H,22,27)(H,23,25)(H,24,26)/t12-,16-/m0/s1. The average molecular weight is 363 g/mol. The van der Waals surface area contributed by atoms with Gasteiger partial charge in [0.2, 0.25) is 17.7 Å². The lowest BCUT2D eigenvalue weighted by Gasteiger charge is -2.26. The maximum atomic E-state index is 12.9. The lowest BCUT2D eigenvalue weighted by Crippen LogP contribution is -2.36.